The van der Waals surface area contributed by atoms with Crippen molar-refractivity contribution in [2.45, 2.75) is 26.7 Å². The van der Waals surface area contributed by atoms with Gasteiger partial charge >= 0.3 is 5.97 Å². The van der Waals surface area contributed by atoms with Gasteiger partial charge in [-0.05, 0) is 19.4 Å². The zero-order valence-corrected chi connectivity index (χ0v) is 9.87. The molecule has 1 rings (SSSR count). The molecule has 17 heavy (non-hydrogen) atoms. The third-order valence-electron chi connectivity index (χ3n) is 2.22. The Bertz CT molecular complexity index is 511. The molecule has 5 heteroatoms. The van der Waals surface area contributed by atoms with E-state index in [0.29, 0.717) is 12.1 Å². The molecule has 0 amide bonds. The van der Waals surface area contributed by atoms with Crippen LogP contribution in [0.1, 0.15) is 41.9 Å². The van der Waals surface area contributed by atoms with E-state index in [9.17, 15) is 9.59 Å². The van der Waals surface area contributed by atoms with E-state index in [2.05, 4.69) is 4.98 Å². The van der Waals surface area contributed by atoms with E-state index in [0.717, 1.165) is 6.42 Å². The maximum atomic E-state index is 11.6. The van der Waals surface area contributed by atoms with E-state index in [1.165, 1.54) is 6.07 Å². The van der Waals surface area contributed by atoms with E-state index in [4.69, 9.17) is 10.00 Å². The van der Waals surface area contributed by atoms with Crippen LogP contribution in [-0.4, -0.2) is 17.6 Å². The molecule has 0 fully saturated rings. The monoisotopic (exact) mass is 234 g/mol. The number of carbonyl (C=O) groups is 1. The third-order valence-corrected chi connectivity index (χ3v) is 2.22. The molecule has 0 aromatic carbocycles. The van der Waals surface area contributed by atoms with Gasteiger partial charge in [-0.1, -0.05) is 13.3 Å². The number of hydrogen-bond donors (Lipinski definition) is 1. The van der Waals surface area contributed by atoms with Crippen LogP contribution in [-0.2, 0) is 11.2 Å². The number of aromatic amines is 1. The molecular formula is C12H14N2O3. The number of pyridine rings is 1. The van der Waals surface area contributed by atoms with Crippen LogP contribution in [0.5, 0.6) is 0 Å². The number of nitrogens with zero attached hydrogens (tertiary/aromatic N) is 1. The molecule has 0 radical (unpaired) electrons. The first kappa shape index (κ1) is 13.0. The van der Waals surface area contributed by atoms with E-state index in [1.54, 1.807) is 13.0 Å². The van der Waals surface area contributed by atoms with Crippen molar-refractivity contribution < 1.29 is 9.53 Å². The highest BCUT2D eigenvalue weighted by atomic mass is 16.5. The molecule has 0 unspecified atom stereocenters. The first-order valence-electron chi connectivity index (χ1n) is 5.47. The lowest BCUT2D eigenvalue weighted by Crippen LogP contribution is -2.19. The Morgan fingerprint density at radius 2 is 2.24 bits per heavy atom. The minimum absolute atomic E-state index is 0.0431. The molecule has 0 aliphatic heterocycles. The molecule has 0 saturated heterocycles. The zero-order chi connectivity index (χ0) is 12.8. The number of nitrogens with one attached hydrogen (secondary N) is 1. The predicted octanol–water partition coefficient (Wildman–Crippen LogP) is 1.38. The number of rotatable bonds is 4. The number of H-pyrrole nitrogens is 1. The molecule has 1 aromatic heterocycles. The Morgan fingerprint density at radius 1 is 1.53 bits per heavy atom. The summed E-state index contributed by atoms with van der Waals surface area (Å²) in [6.45, 7) is 3.84. The first-order valence-corrected chi connectivity index (χ1v) is 5.47. The van der Waals surface area contributed by atoms with Crippen LogP contribution in [0.4, 0.5) is 0 Å². The minimum atomic E-state index is -0.632. The van der Waals surface area contributed by atoms with Gasteiger partial charge in [-0.2, -0.15) is 5.26 Å². The Balaban J connectivity index is 3.30. The van der Waals surface area contributed by atoms with E-state index < -0.39 is 11.5 Å². The fraction of sp³-hybridized carbons (Fsp3) is 0.417. The highest BCUT2D eigenvalue weighted by Crippen LogP contribution is 2.08. The van der Waals surface area contributed by atoms with E-state index >= 15 is 0 Å². The Kier molecular flexibility index (Phi) is 4.46. The standard InChI is InChI=1S/C12H14N2O3/c1-3-5-8-6-9(12(16)17-4-2)10(7-13)11(15)14-8/h6H,3-5H2,1-2H3,(H,14,15). The summed E-state index contributed by atoms with van der Waals surface area (Å²) in [4.78, 5) is 25.8. The largest absolute Gasteiger partial charge is 0.462 e. The van der Waals surface area contributed by atoms with Crippen molar-refractivity contribution in [1.29, 1.82) is 5.26 Å². The van der Waals surface area contributed by atoms with Crippen LogP contribution in [0.3, 0.4) is 0 Å². The molecule has 0 aliphatic carbocycles. The lowest BCUT2D eigenvalue weighted by atomic mass is 10.1. The summed E-state index contributed by atoms with van der Waals surface area (Å²) < 4.78 is 4.82. The topological polar surface area (TPSA) is 82.9 Å². The van der Waals surface area contributed by atoms with Gasteiger partial charge < -0.3 is 9.72 Å². The van der Waals surface area contributed by atoms with Crippen molar-refractivity contribution in [2.24, 2.45) is 0 Å². The quantitative estimate of drug-likeness (QED) is 0.797. The maximum absolute atomic E-state index is 11.6. The van der Waals surface area contributed by atoms with Crippen LogP contribution in [0.2, 0.25) is 0 Å². The molecule has 1 N–H and O–H groups in total. The number of nitriles is 1. The summed E-state index contributed by atoms with van der Waals surface area (Å²) in [6.07, 6.45) is 1.48. The van der Waals surface area contributed by atoms with Gasteiger partial charge in [0.25, 0.3) is 5.56 Å². The number of hydrogen-bond acceptors (Lipinski definition) is 4. The molecule has 5 nitrogen and oxygen atoms in total. The Morgan fingerprint density at radius 3 is 2.76 bits per heavy atom. The fourth-order valence-electron chi connectivity index (χ4n) is 1.50. The molecule has 0 atom stereocenters. The Hall–Kier alpha value is -2.09. The maximum Gasteiger partial charge on any atom is 0.339 e. The van der Waals surface area contributed by atoms with Crippen molar-refractivity contribution in [3.05, 3.63) is 33.2 Å². The van der Waals surface area contributed by atoms with Gasteiger partial charge in [-0.3, -0.25) is 4.79 Å². The second-order valence-electron chi connectivity index (χ2n) is 3.49. The highest BCUT2D eigenvalue weighted by Gasteiger charge is 2.16. The summed E-state index contributed by atoms with van der Waals surface area (Å²) in [5, 5.41) is 8.86. The minimum Gasteiger partial charge on any atom is -0.462 e. The van der Waals surface area contributed by atoms with Crippen molar-refractivity contribution in [2.75, 3.05) is 6.61 Å². The van der Waals surface area contributed by atoms with Gasteiger partial charge in [0.2, 0.25) is 0 Å². The van der Waals surface area contributed by atoms with Crippen molar-refractivity contribution in [3.8, 4) is 6.07 Å². The van der Waals surface area contributed by atoms with Gasteiger partial charge in [-0.15, -0.1) is 0 Å². The highest BCUT2D eigenvalue weighted by molar-refractivity contribution is 5.92. The summed E-state index contributed by atoms with van der Waals surface area (Å²) in [6, 6.07) is 3.24. The molecule has 90 valence electrons. The summed E-state index contributed by atoms with van der Waals surface area (Å²) in [5.74, 6) is -0.632. The second kappa shape index (κ2) is 5.85. The van der Waals surface area contributed by atoms with Crippen molar-refractivity contribution in [1.82, 2.24) is 4.98 Å². The van der Waals surface area contributed by atoms with Gasteiger partial charge in [0.05, 0.1) is 12.2 Å². The summed E-state index contributed by atoms with van der Waals surface area (Å²) in [5.41, 5.74) is -0.0501. The second-order valence-corrected chi connectivity index (χ2v) is 3.49. The SMILES string of the molecule is CCCc1cc(C(=O)OCC)c(C#N)c(=O)[nH]1. The fourth-order valence-corrected chi connectivity index (χ4v) is 1.50. The number of esters is 1. The smallest absolute Gasteiger partial charge is 0.339 e. The van der Waals surface area contributed by atoms with Crippen molar-refractivity contribution >= 4 is 5.97 Å². The molecule has 0 aliphatic rings. The number of ether oxygens (including phenoxy) is 1. The summed E-state index contributed by atoms with van der Waals surface area (Å²) >= 11 is 0. The zero-order valence-electron chi connectivity index (χ0n) is 9.87. The van der Waals surface area contributed by atoms with Gasteiger partial charge in [0.15, 0.2) is 0 Å². The van der Waals surface area contributed by atoms with E-state index in [1.807, 2.05) is 6.92 Å². The number of aromatic nitrogens is 1. The average Bonchev–Trinajstić information content (AvgIpc) is 2.29. The number of aryl methyl sites for hydroxylation is 1. The third kappa shape index (κ3) is 2.94. The lowest BCUT2D eigenvalue weighted by molar-refractivity contribution is 0.0525. The van der Waals surface area contributed by atoms with Gasteiger partial charge in [0, 0.05) is 5.69 Å². The van der Waals surface area contributed by atoms with Crippen LogP contribution < -0.4 is 5.56 Å². The normalized spacial score (nSPS) is 9.71. The molecule has 1 heterocycles. The van der Waals surface area contributed by atoms with Gasteiger partial charge in [-0.25, -0.2) is 4.79 Å². The summed E-state index contributed by atoms with van der Waals surface area (Å²) in [7, 11) is 0. The van der Waals surface area contributed by atoms with Crippen LogP contribution in [0.25, 0.3) is 0 Å². The Labute approximate surface area is 99.0 Å². The van der Waals surface area contributed by atoms with E-state index in [-0.39, 0.29) is 17.7 Å². The predicted molar refractivity (Wildman–Crippen MR) is 61.7 cm³/mol. The number of carbonyl (C=O) groups excluding carboxylic acids is 1. The van der Waals surface area contributed by atoms with Crippen molar-refractivity contribution in [3.63, 3.8) is 0 Å². The van der Waals surface area contributed by atoms with Crippen LogP contribution in [0.15, 0.2) is 10.9 Å². The van der Waals surface area contributed by atoms with Gasteiger partial charge in [0.1, 0.15) is 11.6 Å². The molecule has 0 saturated carbocycles. The van der Waals surface area contributed by atoms with Crippen LogP contribution >= 0.6 is 0 Å². The molecule has 0 bridgehead atoms. The molecule has 1 aromatic rings. The van der Waals surface area contributed by atoms with Crippen LogP contribution in [0, 0.1) is 11.3 Å². The molecule has 0 spiro atoms. The first-order chi connectivity index (χ1) is 8.13. The molecular weight excluding hydrogens is 220 g/mol. The lowest BCUT2D eigenvalue weighted by Gasteiger charge is -2.05. The average molecular weight is 234 g/mol.